The highest BCUT2D eigenvalue weighted by Gasteiger charge is 2.15. The maximum atomic E-state index is 9.11. The Morgan fingerprint density at radius 2 is 1.90 bits per heavy atom. The van der Waals surface area contributed by atoms with Crippen LogP contribution in [0.25, 0.3) is 0 Å². The Kier molecular flexibility index (Phi) is 5.52. The van der Waals surface area contributed by atoms with E-state index in [9.17, 15) is 0 Å². The molecule has 2 unspecified atom stereocenters. The molecule has 0 radical (unpaired) electrons. The third kappa shape index (κ3) is 3.12. The van der Waals surface area contributed by atoms with Crippen LogP contribution in [-0.4, -0.2) is 41.2 Å². The zero-order valence-corrected chi connectivity index (χ0v) is 5.90. The van der Waals surface area contributed by atoms with Gasteiger partial charge in [0.25, 0.3) is 0 Å². The molecule has 0 aromatic rings. The van der Waals surface area contributed by atoms with Crippen molar-refractivity contribution in [1.29, 1.82) is 0 Å². The van der Waals surface area contributed by atoms with Crippen LogP contribution in [0, 0.1) is 5.92 Å². The fraction of sp³-hybridized carbons (Fsp3) is 1.00. The van der Waals surface area contributed by atoms with Gasteiger partial charge in [0.05, 0.1) is 6.10 Å². The smallest absolute Gasteiger partial charge is 0.0624 e. The normalized spacial score (nSPS) is 16.8. The second-order valence-electron chi connectivity index (χ2n) is 2.26. The summed E-state index contributed by atoms with van der Waals surface area (Å²) in [5, 5.41) is 26.1. The van der Waals surface area contributed by atoms with Crippen molar-refractivity contribution in [3.8, 4) is 0 Å². The van der Waals surface area contributed by atoms with Gasteiger partial charge in [-0.05, 0) is 13.0 Å². The van der Waals surface area contributed by atoms with Crippen LogP contribution in [0.5, 0.6) is 0 Å². The molecule has 0 amide bonds. The highest BCUT2D eigenvalue weighted by atomic mass is 16.3. The summed E-state index contributed by atoms with van der Waals surface area (Å²) in [5.74, 6) is -0.299. The number of rotatable bonds is 5. The summed E-state index contributed by atoms with van der Waals surface area (Å²) in [6.45, 7) is 0.0486. The van der Waals surface area contributed by atoms with Crippen LogP contribution in [0.4, 0.5) is 0 Å². The first-order chi connectivity index (χ1) is 4.76. The van der Waals surface area contributed by atoms with E-state index in [0.717, 1.165) is 0 Å². The average molecular weight is 149 g/mol. The summed E-state index contributed by atoms with van der Waals surface area (Å²) in [7, 11) is 0. The van der Waals surface area contributed by atoms with E-state index in [1.54, 1.807) is 0 Å². The van der Waals surface area contributed by atoms with Crippen LogP contribution in [-0.2, 0) is 0 Å². The Labute approximate surface area is 60.3 Å². The van der Waals surface area contributed by atoms with E-state index in [-0.39, 0.29) is 32.1 Å². The Morgan fingerprint density at radius 3 is 2.20 bits per heavy atom. The number of nitrogens with two attached hydrogens (primary N) is 1. The molecule has 0 rings (SSSR count). The molecule has 0 fully saturated rings. The van der Waals surface area contributed by atoms with E-state index in [1.807, 2.05) is 0 Å². The lowest BCUT2D eigenvalue weighted by Gasteiger charge is -2.17. The monoisotopic (exact) mass is 149 g/mol. The molecule has 0 spiro atoms. The highest BCUT2D eigenvalue weighted by Crippen LogP contribution is 2.03. The topological polar surface area (TPSA) is 86.7 Å². The van der Waals surface area contributed by atoms with E-state index in [1.165, 1.54) is 0 Å². The van der Waals surface area contributed by atoms with Gasteiger partial charge in [0, 0.05) is 19.1 Å². The third-order valence-electron chi connectivity index (χ3n) is 1.51. The molecule has 0 aliphatic rings. The highest BCUT2D eigenvalue weighted by molar-refractivity contribution is 4.67. The van der Waals surface area contributed by atoms with Crippen molar-refractivity contribution >= 4 is 0 Å². The van der Waals surface area contributed by atoms with Crippen molar-refractivity contribution in [2.45, 2.75) is 12.5 Å². The van der Waals surface area contributed by atoms with Gasteiger partial charge >= 0.3 is 0 Å². The lowest BCUT2D eigenvalue weighted by atomic mass is 10.0. The molecule has 0 bridgehead atoms. The quantitative estimate of drug-likeness (QED) is 0.375. The Balaban J connectivity index is 3.53. The summed E-state index contributed by atoms with van der Waals surface area (Å²) in [6.07, 6.45) is -0.400. The summed E-state index contributed by atoms with van der Waals surface area (Å²) in [6, 6.07) is 0. The first kappa shape index (κ1) is 9.84. The van der Waals surface area contributed by atoms with Gasteiger partial charge in [0.15, 0.2) is 0 Å². The Morgan fingerprint density at radius 1 is 1.30 bits per heavy atom. The van der Waals surface area contributed by atoms with Crippen molar-refractivity contribution in [2.24, 2.45) is 11.7 Å². The Hall–Kier alpha value is -0.160. The maximum absolute atomic E-state index is 9.11. The minimum Gasteiger partial charge on any atom is -0.396 e. The first-order valence-corrected chi connectivity index (χ1v) is 3.36. The summed E-state index contributed by atoms with van der Waals surface area (Å²) < 4.78 is 0. The van der Waals surface area contributed by atoms with Crippen LogP contribution in [0.3, 0.4) is 0 Å². The second-order valence-corrected chi connectivity index (χ2v) is 2.26. The van der Waals surface area contributed by atoms with E-state index in [4.69, 9.17) is 21.1 Å². The zero-order valence-electron chi connectivity index (χ0n) is 5.90. The lowest BCUT2D eigenvalue weighted by molar-refractivity contribution is 0.0517. The largest absolute Gasteiger partial charge is 0.396 e. The van der Waals surface area contributed by atoms with Gasteiger partial charge in [0.1, 0.15) is 0 Å². The molecular weight excluding hydrogens is 134 g/mol. The van der Waals surface area contributed by atoms with Gasteiger partial charge in [-0.3, -0.25) is 0 Å². The van der Waals surface area contributed by atoms with Crippen LogP contribution in [0.1, 0.15) is 6.42 Å². The van der Waals surface area contributed by atoms with Gasteiger partial charge in [-0.2, -0.15) is 0 Å². The van der Waals surface area contributed by atoms with Crippen LogP contribution >= 0.6 is 0 Å². The van der Waals surface area contributed by atoms with Crippen molar-refractivity contribution < 1.29 is 15.3 Å². The van der Waals surface area contributed by atoms with Crippen LogP contribution in [0.2, 0.25) is 0 Å². The minimum atomic E-state index is -0.681. The molecule has 0 aromatic carbocycles. The lowest BCUT2D eigenvalue weighted by Crippen LogP contribution is -2.31. The van der Waals surface area contributed by atoms with Crippen molar-refractivity contribution in [3.63, 3.8) is 0 Å². The minimum absolute atomic E-state index is 0.0718. The average Bonchev–Trinajstić information content (AvgIpc) is 1.91. The second kappa shape index (κ2) is 5.61. The molecular formula is C6H15NO3. The predicted octanol–water partition coefficient (Wildman–Crippen LogP) is -1.70. The van der Waals surface area contributed by atoms with Gasteiger partial charge in [-0.15, -0.1) is 0 Å². The van der Waals surface area contributed by atoms with Gasteiger partial charge < -0.3 is 21.1 Å². The van der Waals surface area contributed by atoms with Gasteiger partial charge in [-0.1, -0.05) is 0 Å². The van der Waals surface area contributed by atoms with Gasteiger partial charge in [0.2, 0.25) is 0 Å². The fourth-order valence-electron chi connectivity index (χ4n) is 0.721. The van der Waals surface area contributed by atoms with Crippen LogP contribution in [0.15, 0.2) is 0 Å². The number of aliphatic hydroxyl groups excluding tert-OH is 3. The van der Waals surface area contributed by atoms with Gasteiger partial charge in [-0.25, -0.2) is 0 Å². The molecule has 0 aliphatic heterocycles. The molecule has 0 heterocycles. The molecule has 10 heavy (non-hydrogen) atoms. The number of aliphatic hydroxyl groups is 3. The van der Waals surface area contributed by atoms with E-state index < -0.39 is 6.10 Å². The Bertz CT molecular complexity index is 75.4. The van der Waals surface area contributed by atoms with E-state index >= 15 is 0 Å². The standard InChI is InChI=1S/C6H15NO3/c7-3-5(4-9)6(10)1-2-8/h5-6,8-10H,1-4,7H2. The maximum Gasteiger partial charge on any atom is 0.0624 e. The molecule has 5 N–H and O–H groups in total. The first-order valence-electron chi connectivity index (χ1n) is 3.36. The third-order valence-corrected chi connectivity index (χ3v) is 1.51. The number of hydrogen-bond acceptors (Lipinski definition) is 4. The molecule has 0 saturated carbocycles. The summed E-state index contributed by atoms with van der Waals surface area (Å²) in [4.78, 5) is 0. The molecule has 4 nitrogen and oxygen atoms in total. The van der Waals surface area contributed by atoms with Crippen molar-refractivity contribution in [2.75, 3.05) is 19.8 Å². The summed E-state index contributed by atoms with van der Waals surface area (Å²) in [5.41, 5.74) is 5.21. The van der Waals surface area contributed by atoms with Crippen molar-refractivity contribution in [3.05, 3.63) is 0 Å². The number of hydrogen-bond donors (Lipinski definition) is 4. The molecule has 0 saturated heterocycles. The SMILES string of the molecule is NCC(CO)C(O)CCO. The fourth-order valence-corrected chi connectivity index (χ4v) is 0.721. The molecule has 4 heteroatoms. The molecule has 2 atom stereocenters. The molecule has 0 aliphatic carbocycles. The predicted molar refractivity (Wildman–Crippen MR) is 37.3 cm³/mol. The van der Waals surface area contributed by atoms with Crippen molar-refractivity contribution in [1.82, 2.24) is 0 Å². The summed E-state index contributed by atoms with van der Waals surface area (Å²) >= 11 is 0. The molecule has 62 valence electrons. The van der Waals surface area contributed by atoms with E-state index in [2.05, 4.69) is 0 Å². The zero-order chi connectivity index (χ0) is 7.98. The molecule has 0 aromatic heterocycles. The van der Waals surface area contributed by atoms with Crippen LogP contribution < -0.4 is 5.73 Å². The van der Waals surface area contributed by atoms with E-state index in [0.29, 0.717) is 0 Å².